The first-order valence-corrected chi connectivity index (χ1v) is 6.97. The molecule has 2 N–H and O–H groups in total. The van der Waals surface area contributed by atoms with Gasteiger partial charge in [0.05, 0.1) is 17.2 Å². The molecule has 4 rings (SSSR count). The lowest BCUT2D eigenvalue weighted by Crippen LogP contribution is -2.15. The van der Waals surface area contributed by atoms with Crippen LogP contribution in [0, 0.1) is 5.92 Å². The summed E-state index contributed by atoms with van der Waals surface area (Å²) in [5, 5.41) is 2.86. The van der Waals surface area contributed by atoms with Crippen LogP contribution < -0.4 is 5.32 Å². The Morgan fingerprint density at radius 3 is 2.90 bits per heavy atom. The van der Waals surface area contributed by atoms with Gasteiger partial charge in [0.1, 0.15) is 0 Å². The first-order chi connectivity index (χ1) is 10.3. The number of aromatic amines is 1. The Hall–Kier alpha value is -2.69. The van der Waals surface area contributed by atoms with Gasteiger partial charge < -0.3 is 4.98 Å². The van der Waals surface area contributed by atoms with Gasteiger partial charge in [-0.15, -0.1) is 0 Å². The number of aromatic nitrogens is 3. The van der Waals surface area contributed by atoms with Crippen molar-refractivity contribution in [2.24, 2.45) is 5.92 Å². The minimum Gasteiger partial charge on any atom is -0.323 e. The molecule has 2 unspecified atom stereocenters. The SMILES string of the molecule is O=C(Nc1nc2ccncc2[nH]1)C1CC1c1ccccc1. The summed E-state index contributed by atoms with van der Waals surface area (Å²) in [6, 6.07) is 12.0. The molecule has 5 nitrogen and oxygen atoms in total. The molecule has 0 radical (unpaired) electrons. The number of nitrogens with one attached hydrogen (secondary N) is 2. The van der Waals surface area contributed by atoms with E-state index >= 15 is 0 Å². The van der Waals surface area contributed by atoms with Crippen LogP contribution in [0.1, 0.15) is 17.9 Å². The van der Waals surface area contributed by atoms with E-state index in [2.05, 4.69) is 32.4 Å². The molecule has 104 valence electrons. The van der Waals surface area contributed by atoms with Crippen LogP contribution in [0.3, 0.4) is 0 Å². The number of benzene rings is 1. The highest BCUT2D eigenvalue weighted by atomic mass is 16.2. The molecule has 21 heavy (non-hydrogen) atoms. The number of carbonyl (C=O) groups excluding carboxylic acids is 1. The van der Waals surface area contributed by atoms with E-state index in [1.54, 1.807) is 12.4 Å². The first kappa shape index (κ1) is 12.1. The highest BCUT2D eigenvalue weighted by molar-refractivity contribution is 5.95. The summed E-state index contributed by atoms with van der Waals surface area (Å²) >= 11 is 0. The maximum absolute atomic E-state index is 12.2. The number of imidazole rings is 1. The Kier molecular flexibility index (Phi) is 2.70. The molecule has 1 amide bonds. The Labute approximate surface area is 121 Å². The summed E-state index contributed by atoms with van der Waals surface area (Å²) in [5.74, 6) is 0.883. The van der Waals surface area contributed by atoms with E-state index in [0.29, 0.717) is 11.9 Å². The average Bonchev–Trinajstić information content (AvgIpc) is 3.22. The van der Waals surface area contributed by atoms with Gasteiger partial charge in [0, 0.05) is 12.1 Å². The van der Waals surface area contributed by atoms with E-state index in [4.69, 9.17) is 0 Å². The maximum atomic E-state index is 12.2. The van der Waals surface area contributed by atoms with Crippen LogP contribution in [-0.4, -0.2) is 20.9 Å². The number of hydrogen-bond acceptors (Lipinski definition) is 3. The van der Waals surface area contributed by atoms with Crippen molar-refractivity contribution >= 4 is 22.9 Å². The van der Waals surface area contributed by atoms with Crippen molar-refractivity contribution in [3.05, 3.63) is 54.4 Å². The number of rotatable bonds is 3. The minimum absolute atomic E-state index is 0.0240. The van der Waals surface area contributed by atoms with Gasteiger partial charge in [-0.25, -0.2) is 4.98 Å². The summed E-state index contributed by atoms with van der Waals surface area (Å²) in [7, 11) is 0. The predicted molar refractivity (Wildman–Crippen MR) is 79.8 cm³/mol. The number of amides is 1. The number of pyridine rings is 1. The lowest BCUT2D eigenvalue weighted by atomic mass is 10.1. The number of nitrogens with zero attached hydrogens (tertiary/aromatic N) is 2. The molecule has 2 atom stereocenters. The van der Waals surface area contributed by atoms with Crippen molar-refractivity contribution in [1.82, 2.24) is 15.0 Å². The molecule has 1 aliphatic carbocycles. The van der Waals surface area contributed by atoms with Gasteiger partial charge in [-0.1, -0.05) is 30.3 Å². The van der Waals surface area contributed by atoms with Crippen LogP contribution in [0.5, 0.6) is 0 Å². The first-order valence-electron chi connectivity index (χ1n) is 6.97. The highest BCUT2D eigenvalue weighted by Gasteiger charge is 2.44. The third-order valence-electron chi connectivity index (χ3n) is 3.88. The van der Waals surface area contributed by atoms with Gasteiger partial charge in [-0.2, -0.15) is 0 Å². The summed E-state index contributed by atoms with van der Waals surface area (Å²) in [5.41, 5.74) is 2.85. The van der Waals surface area contributed by atoms with E-state index in [-0.39, 0.29) is 11.8 Å². The van der Waals surface area contributed by atoms with Gasteiger partial charge >= 0.3 is 0 Å². The molecule has 0 saturated heterocycles. The van der Waals surface area contributed by atoms with Crippen molar-refractivity contribution in [3.63, 3.8) is 0 Å². The third-order valence-corrected chi connectivity index (χ3v) is 3.88. The Morgan fingerprint density at radius 1 is 1.24 bits per heavy atom. The highest BCUT2D eigenvalue weighted by Crippen LogP contribution is 2.47. The molecule has 1 saturated carbocycles. The third kappa shape index (κ3) is 2.27. The van der Waals surface area contributed by atoms with Crippen molar-refractivity contribution in [2.45, 2.75) is 12.3 Å². The summed E-state index contributed by atoms with van der Waals surface area (Å²) in [4.78, 5) is 23.7. The minimum atomic E-state index is 0.0240. The van der Waals surface area contributed by atoms with Crippen LogP contribution in [-0.2, 0) is 4.79 Å². The van der Waals surface area contributed by atoms with Crippen LogP contribution >= 0.6 is 0 Å². The quantitative estimate of drug-likeness (QED) is 0.773. The maximum Gasteiger partial charge on any atom is 0.230 e. The molecule has 2 aromatic heterocycles. The van der Waals surface area contributed by atoms with Crippen molar-refractivity contribution in [1.29, 1.82) is 0 Å². The molecule has 1 aromatic carbocycles. The van der Waals surface area contributed by atoms with Gasteiger partial charge in [0.2, 0.25) is 11.9 Å². The topological polar surface area (TPSA) is 70.7 Å². The molecular formula is C16H14N4O. The van der Waals surface area contributed by atoms with Gasteiger partial charge in [-0.05, 0) is 24.0 Å². The molecule has 3 aromatic rings. The molecule has 5 heteroatoms. The van der Waals surface area contributed by atoms with E-state index in [1.807, 2.05) is 24.3 Å². The zero-order chi connectivity index (χ0) is 14.2. The second-order valence-electron chi connectivity index (χ2n) is 5.33. The second-order valence-corrected chi connectivity index (χ2v) is 5.33. The van der Waals surface area contributed by atoms with Crippen molar-refractivity contribution in [3.8, 4) is 0 Å². The normalized spacial score (nSPS) is 20.4. The van der Waals surface area contributed by atoms with Crippen molar-refractivity contribution < 1.29 is 4.79 Å². The molecule has 0 bridgehead atoms. The zero-order valence-corrected chi connectivity index (χ0v) is 11.3. The van der Waals surface area contributed by atoms with Crippen LogP contribution in [0.25, 0.3) is 11.0 Å². The van der Waals surface area contributed by atoms with Crippen LogP contribution in [0.15, 0.2) is 48.8 Å². The summed E-state index contributed by atoms with van der Waals surface area (Å²) in [6.45, 7) is 0. The molecule has 1 aliphatic rings. The number of hydrogen-bond donors (Lipinski definition) is 2. The second kappa shape index (κ2) is 4.70. The average molecular weight is 278 g/mol. The van der Waals surface area contributed by atoms with Crippen LogP contribution in [0.4, 0.5) is 5.95 Å². The Bertz CT molecular complexity index is 763. The molecular weight excluding hydrogens is 264 g/mol. The number of anilines is 1. The molecule has 0 spiro atoms. The van der Waals surface area contributed by atoms with Gasteiger partial charge in [-0.3, -0.25) is 15.1 Å². The smallest absolute Gasteiger partial charge is 0.230 e. The monoisotopic (exact) mass is 278 g/mol. The Morgan fingerprint density at radius 2 is 2.10 bits per heavy atom. The number of fused-ring (bicyclic) bond motifs is 1. The number of carbonyl (C=O) groups is 1. The predicted octanol–water partition coefficient (Wildman–Crippen LogP) is 2.70. The van der Waals surface area contributed by atoms with E-state index in [9.17, 15) is 4.79 Å². The fourth-order valence-corrected chi connectivity index (χ4v) is 2.68. The van der Waals surface area contributed by atoms with E-state index < -0.39 is 0 Å². The van der Waals surface area contributed by atoms with Crippen LogP contribution in [0.2, 0.25) is 0 Å². The zero-order valence-electron chi connectivity index (χ0n) is 11.3. The lowest BCUT2D eigenvalue weighted by Gasteiger charge is -2.01. The fourth-order valence-electron chi connectivity index (χ4n) is 2.68. The van der Waals surface area contributed by atoms with E-state index in [1.165, 1.54) is 5.56 Å². The largest absolute Gasteiger partial charge is 0.323 e. The molecule has 0 aliphatic heterocycles. The van der Waals surface area contributed by atoms with E-state index in [0.717, 1.165) is 17.5 Å². The van der Waals surface area contributed by atoms with Crippen molar-refractivity contribution in [2.75, 3.05) is 5.32 Å². The number of H-pyrrole nitrogens is 1. The molecule has 1 fully saturated rings. The summed E-state index contributed by atoms with van der Waals surface area (Å²) < 4.78 is 0. The summed E-state index contributed by atoms with van der Waals surface area (Å²) in [6.07, 6.45) is 4.28. The molecule has 2 heterocycles. The van der Waals surface area contributed by atoms with Gasteiger partial charge in [0.15, 0.2) is 0 Å². The standard InChI is InChI=1S/C16H14N4O/c21-15(12-8-11(12)10-4-2-1-3-5-10)20-16-18-13-6-7-17-9-14(13)19-16/h1-7,9,11-12H,8H2,(H2,18,19,20,21). The lowest BCUT2D eigenvalue weighted by molar-refractivity contribution is -0.117. The Balaban J connectivity index is 1.47. The van der Waals surface area contributed by atoms with Gasteiger partial charge in [0.25, 0.3) is 0 Å². The fraction of sp³-hybridized carbons (Fsp3) is 0.188.